The van der Waals surface area contributed by atoms with Crippen molar-refractivity contribution in [2.45, 2.75) is 0 Å². The van der Waals surface area contributed by atoms with Crippen molar-refractivity contribution < 1.29 is 4.79 Å². The summed E-state index contributed by atoms with van der Waals surface area (Å²) < 4.78 is 0. The van der Waals surface area contributed by atoms with Gasteiger partial charge >= 0.3 is 0 Å². The van der Waals surface area contributed by atoms with Gasteiger partial charge in [0.15, 0.2) is 0 Å². The van der Waals surface area contributed by atoms with Crippen LogP contribution in [-0.2, 0) is 0 Å². The van der Waals surface area contributed by atoms with E-state index in [1.54, 1.807) is 0 Å². The normalized spacial score (nSPS) is 13.8. The van der Waals surface area contributed by atoms with E-state index in [1.807, 2.05) is 41.3 Å². The fourth-order valence-corrected chi connectivity index (χ4v) is 2.64. The smallest absolute Gasteiger partial charge is 0.259 e. The molecule has 2 nitrogen and oxygen atoms in total. The van der Waals surface area contributed by atoms with Gasteiger partial charge in [0.25, 0.3) is 5.91 Å². The second kappa shape index (κ2) is 3.59. The third-order valence-corrected chi connectivity index (χ3v) is 3.31. The molecule has 3 rings (SSSR count). The molecular weight excluding hydrogens is 266 g/mol. The molecular formula is C13H10BrNO. The number of halogens is 1. The summed E-state index contributed by atoms with van der Waals surface area (Å²) in [5.41, 5.74) is 1.87. The standard InChI is InChI=1S/C13H10BrNO/c14-7-8-15-11-6-2-4-9-3-1-5-10(12(9)11)13(15)16/h1-6H,7-8H2. The lowest BCUT2D eigenvalue weighted by molar-refractivity contribution is 0.0995. The van der Waals surface area contributed by atoms with Gasteiger partial charge in [-0.15, -0.1) is 0 Å². The van der Waals surface area contributed by atoms with E-state index < -0.39 is 0 Å². The van der Waals surface area contributed by atoms with E-state index >= 15 is 0 Å². The molecule has 1 aliphatic heterocycles. The molecule has 0 radical (unpaired) electrons. The minimum Gasteiger partial charge on any atom is -0.307 e. The van der Waals surface area contributed by atoms with Crippen LogP contribution in [0, 0.1) is 0 Å². The summed E-state index contributed by atoms with van der Waals surface area (Å²) >= 11 is 3.39. The Morgan fingerprint density at radius 2 is 1.88 bits per heavy atom. The third-order valence-electron chi connectivity index (χ3n) is 2.96. The van der Waals surface area contributed by atoms with Gasteiger partial charge in [-0.25, -0.2) is 0 Å². The van der Waals surface area contributed by atoms with Gasteiger partial charge in [0.2, 0.25) is 0 Å². The van der Waals surface area contributed by atoms with E-state index in [4.69, 9.17) is 0 Å². The summed E-state index contributed by atoms with van der Waals surface area (Å²) in [6, 6.07) is 12.0. The number of amides is 1. The van der Waals surface area contributed by atoms with Gasteiger partial charge in [-0.3, -0.25) is 4.79 Å². The zero-order chi connectivity index (χ0) is 11.1. The number of hydrogen-bond acceptors (Lipinski definition) is 1. The first-order chi connectivity index (χ1) is 7.83. The Hall–Kier alpha value is -1.35. The van der Waals surface area contributed by atoms with Gasteiger partial charge < -0.3 is 4.90 Å². The minimum atomic E-state index is 0.117. The molecule has 0 saturated heterocycles. The maximum Gasteiger partial charge on any atom is 0.259 e. The summed E-state index contributed by atoms with van der Waals surface area (Å²) in [5, 5.41) is 3.03. The van der Waals surface area contributed by atoms with Crippen molar-refractivity contribution in [1.29, 1.82) is 0 Å². The summed E-state index contributed by atoms with van der Waals surface area (Å²) in [6.45, 7) is 0.715. The first-order valence-corrected chi connectivity index (χ1v) is 6.34. The maximum atomic E-state index is 12.2. The molecule has 0 fully saturated rings. The molecule has 0 bridgehead atoms. The van der Waals surface area contributed by atoms with Gasteiger partial charge in [-0.2, -0.15) is 0 Å². The van der Waals surface area contributed by atoms with E-state index in [0.29, 0.717) is 6.54 Å². The fourth-order valence-electron chi connectivity index (χ4n) is 2.29. The quantitative estimate of drug-likeness (QED) is 0.771. The second-order valence-electron chi connectivity index (χ2n) is 3.83. The lowest BCUT2D eigenvalue weighted by Crippen LogP contribution is -2.28. The molecule has 0 atom stereocenters. The number of hydrogen-bond donors (Lipinski definition) is 0. The fraction of sp³-hybridized carbons (Fsp3) is 0.154. The van der Waals surface area contributed by atoms with Crippen molar-refractivity contribution in [3.8, 4) is 0 Å². The Balaban J connectivity index is 2.31. The van der Waals surface area contributed by atoms with Crippen LogP contribution in [0.2, 0.25) is 0 Å². The van der Waals surface area contributed by atoms with Gasteiger partial charge in [0, 0.05) is 22.8 Å². The number of carbonyl (C=O) groups excluding carboxylic acids is 1. The largest absolute Gasteiger partial charge is 0.307 e. The van der Waals surface area contributed by atoms with Crippen LogP contribution in [0.5, 0.6) is 0 Å². The highest BCUT2D eigenvalue weighted by molar-refractivity contribution is 9.09. The zero-order valence-corrected chi connectivity index (χ0v) is 10.2. The lowest BCUT2D eigenvalue weighted by Gasteiger charge is -2.15. The predicted octanol–water partition coefficient (Wildman–Crippen LogP) is 3.19. The number of nitrogens with zero attached hydrogens (tertiary/aromatic N) is 1. The monoisotopic (exact) mass is 275 g/mol. The zero-order valence-electron chi connectivity index (χ0n) is 8.61. The van der Waals surface area contributed by atoms with Gasteiger partial charge in [-0.05, 0) is 17.5 Å². The van der Waals surface area contributed by atoms with Crippen molar-refractivity contribution in [3.05, 3.63) is 42.0 Å². The Morgan fingerprint density at radius 1 is 1.12 bits per heavy atom. The molecule has 1 aliphatic rings. The van der Waals surface area contributed by atoms with Crippen molar-refractivity contribution in [1.82, 2.24) is 0 Å². The van der Waals surface area contributed by atoms with E-state index in [1.165, 1.54) is 0 Å². The first kappa shape index (κ1) is 9.85. The van der Waals surface area contributed by atoms with Crippen molar-refractivity contribution >= 4 is 38.3 Å². The highest BCUT2D eigenvalue weighted by atomic mass is 79.9. The summed E-state index contributed by atoms with van der Waals surface area (Å²) in [5.74, 6) is 0.117. The Kier molecular flexibility index (Phi) is 2.21. The molecule has 3 heteroatoms. The minimum absolute atomic E-state index is 0.117. The third kappa shape index (κ3) is 1.21. The molecule has 0 N–H and O–H groups in total. The molecule has 80 valence electrons. The van der Waals surface area contributed by atoms with Gasteiger partial charge in [0.1, 0.15) is 0 Å². The second-order valence-corrected chi connectivity index (χ2v) is 4.62. The number of rotatable bonds is 2. The van der Waals surface area contributed by atoms with E-state index in [0.717, 1.165) is 27.4 Å². The molecule has 1 amide bonds. The van der Waals surface area contributed by atoms with Crippen molar-refractivity contribution in [2.75, 3.05) is 16.8 Å². The van der Waals surface area contributed by atoms with Crippen LogP contribution in [0.4, 0.5) is 5.69 Å². The van der Waals surface area contributed by atoms with Crippen LogP contribution in [0.25, 0.3) is 10.8 Å². The van der Waals surface area contributed by atoms with E-state index in [-0.39, 0.29) is 5.91 Å². The molecule has 0 aliphatic carbocycles. The first-order valence-electron chi connectivity index (χ1n) is 5.22. The number of carbonyl (C=O) groups is 1. The van der Waals surface area contributed by atoms with Crippen molar-refractivity contribution in [3.63, 3.8) is 0 Å². The van der Waals surface area contributed by atoms with Crippen LogP contribution in [-0.4, -0.2) is 17.8 Å². The summed E-state index contributed by atoms with van der Waals surface area (Å²) in [4.78, 5) is 14.0. The van der Waals surface area contributed by atoms with Gasteiger partial charge in [-0.1, -0.05) is 40.2 Å². The molecule has 0 aromatic heterocycles. The summed E-state index contributed by atoms with van der Waals surface area (Å²) in [7, 11) is 0. The predicted molar refractivity (Wildman–Crippen MR) is 69.4 cm³/mol. The van der Waals surface area contributed by atoms with Crippen LogP contribution < -0.4 is 4.90 Å². The molecule has 1 heterocycles. The molecule has 16 heavy (non-hydrogen) atoms. The Labute approximate surface area is 102 Å². The number of benzene rings is 2. The van der Waals surface area contributed by atoms with E-state index in [9.17, 15) is 4.79 Å². The Bertz CT molecular complexity index is 574. The highest BCUT2D eigenvalue weighted by Gasteiger charge is 2.28. The molecule has 0 unspecified atom stereocenters. The van der Waals surface area contributed by atoms with Gasteiger partial charge in [0.05, 0.1) is 5.69 Å². The topological polar surface area (TPSA) is 20.3 Å². The highest BCUT2D eigenvalue weighted by Crippen LogP contribution is 2.36. The number of alkyl halides is 1. The van der Waals surface area contributed by atoms with Crippen LogP contribution in [0.1, 0.15) is 10.4 Å². The van der Waals surface area contributed by atoms with E-state index in [2.05, 4.69) is 15.9 Å². The Morgan fingerprint density at radius 3 is 2.62 bits per heavy atom. The number of anilines is 1. The lowest BCUT2D eigenvalue weighted by atomic mass is 10.1. The molecule has 0 saturated carbocycles. The maximum absolute atomic E-state index is 12.2. The molecule has 0 spiro atoms. The van der Waals surface area contributed by atoms with Crippen LogP contribution >= 0.6 is 15.9 Å². The van der Waals surface area contributed by atoms with Crippen LogP contribution in [0.15, 0.2) is 36.4 Å². The SMILES string of the molecule is O=C1c2cccc3cccc(c23)N1CCBr. The molecule has 2 aromatic rings. The average molecular weight is 276 g/mol. The molecule has 2 aromatic carbocycles. The van der Waals surface area contributed by atoms with Crippen LogP contribution in [0.3, 0.4) is 0 Å². The summed E-state index contributed by atoms with van der Waals surface area (Å²) in [6.07, 6.45) is 0. The average Bonchev–Trinajstić information content (AvgIpc) is 2.58. The van der Waals surface area contributed by atoms with Crippen molar-refractivity contribution in [2.24, 2.45) is 0 Å².